The first-order chi connectivity index (χ1) is 5.98. The largest absolute Gasteiger partial charge is 0.354 e. The van der Waals surface area contributed by atoms with Gasteiger partial charge in [-0.3, -0.25) is 14.8 Å². The Hall–Kier alpha value is -0.750. The molecule has 5 nitrogen and oxygen atoms in total. The first kappa shape index (κ1) is 10.3. The Morgan fingerprint density at radius 1 is 1.85 bits per heavy atom. The van der Waals surface area contributed by atoms with Crippen LogP contribution in [0.15, 0.2) is 0 Å². The molecule has 1 saturated heterocycles. The first-order valence-electron chi connectivity index (χ1n) is 3.94. The second-order valence-corrected chi connectivity index (χ2v) is 4.18. The minimum Gasteiger partial charge on any atom is -0.354 e. The van der Waals surface area contributed by atoms with Crippen LogP contribution in [0, 0.1) is 0 Å². The molecular formula is C7H12N2O3S. The van der Waals surface area contributed by atoms with Gasteiger partial charge in [-0.2, -0.15) is 12.6 Å². The highest BCUT2D eigenvalue weighted by Gasteiger charge is 2.41. The van der Waals surface area contributed by atoms with Crippen molar-refractivity contribution in [3.63, 3.8) is 0 Å². The molecule has 0 radical (unpaired) electrons. The van der Waals surface area contributed by atoms with Gasteiger partial charge in [-0.25, -0.2) is 5.48 Å². The van der Waals surface area contributed by atoms with Gasteiger partial charge in [-0.15, -0.1) is 0 Å². The fraction of sp³-hybridized carbons (Fsp3) is 0.714. The van der Waals surface area contributed by atoms with Gasteiger partial charge < -0.3 is 5.32 Å². The van der Waals surface area contributed by atoms with E-state index in [1.165, 1.54) is 5.48 Å². The molecule has 1 heterocycles. The van der Waals surface area contributed by atoms with Crippen LogP contribution < -0.4 is 10.8 Å². The van der Waals surface area contributed by atoms with Gasteiger partial charge in [0.25, 0.3) is 5.91 Å². The topological polar surface area (TPSA) is 78.4 Å². The quantitative estimate of drug-likeness (QED) is 0.263. The summed E-state index contributed by atoms with van der Waals surface area (Å²) in [5.74, 6) is -0.852. The molecule has 2 atom stereocenters. The average Bonchev–Trinajstić information content (AvgIpc) is 2.00. The molecule has 0 saturated carbocycles. The molecule has 1 aliphatic rings. The lowest BCUT2D eigenvalue weighted by Crippen LogP contribution is -2.54. The van der Waals surface area contributed by atoms with Crippen LogP contribution in [-0.2, 0) is 9.59 Å². The number of carbonyl (C=O) groups is 2. The molecule has 1 rings (SSSR count). The summed E-state index contributed by atoms with van der Waals surface area (Å²) in [5.41, 5.74) is 1.52. The maximum absolute atomic E-state index is 11.2. The molecule has 3 N–H and O–H groups in total. The summed E-state index contributed by atoms with van der Waals surface area (Å²) in [6.07, 6.45) is 0.404. The third-order valence-electron chi connectivity index (χ3n) is 2.03. The highest BCUT2D eigenvalue weighted by atomic mass is 32.1. The Kier molecular flexibility index (Phi) is 2.82. The summed E-state index contributed by atoms with van der Waals surface area (Å²) in [5, 5.41) is 11.1. The van der Waals surface area contributed by atoms with Gasteiger partial charge in [0.1, 0.15) is 4.75 Å². The Balaban J connectivity index is 2.77. The molecule has 1 aliphatic heterocycles. The highest BCUT2D eigenvalue weighted by molar-refractivity contribution is 7.82. The molecule has 1 unspecified atom stereocenters. The fourth-order valence-electron chi connectivity index (χ4n) is 1.50. The van der Waals surface area contributed by atoms with E-state index >= 15 is 0 Å². The maximum atomic E-state index is 11.2. The lowest BCUT2D eigenvalue weighted by atomic mass is 9.91. The zero-order valence-electron chi connectivity index (χ0n) is 7.20. The number of hydrogen-bond acceptors (Lipinski definition) is 4. The minimum atomic E-state index is -1.09. The van der Waals surface area contributed by atoms with Gasteiger partial charge in [-0.1, -0.05) is 0 Å². The predicted molar refractivity (Wildman–Crippen MR) is 48.5 cm³/mol. The normalized spacial score (nSPS) is 33.8. The number of nitrogens with one attached hydrogen (secondary N) is 2. The van der Waals surface area contributed by atoms with E-state index < -0.39 is 10.7 Å². The van der Waals surface area contributed by atoms with Gasteiger partial charge >= 0.3 is 0 Å². The monoisotopic (exact) mass is 204 g/mol. The predicted octanol–water partition coefficient (Wildman–Crippen LogP) is -0.541. The lowest BCUT2D eigenvalue weighted by Gasteiger charge is -2.33. The Morgan fingerprint density at radius 3 is 2.92 bits per heavy atom. The molecule has 1 fully saturated rings. The summed E-state index contributed by atoms with van der Waals surface area (Å²) < 4.78 is -1.09. The molecule has 6 heteroatoms. The molecule has 0 aromatic carbocycles. The van der Waals surface area contributed by atoms with E-state index in [1.54, 1.807) is 6.92 Å². The van der Waals surface area contributed by atoms with E-state index in [-0.39, 0.29) is 18.4 Å². The summed E-state index contributed by atoms with van der Waals surface area (Å²) in [6.45, 7) is 1.78. The average molecular weight is 204 g/mol. The molecule has 74 valence electrons. The number of piperidine rings is 1. The van der Waals surface area contributed by atoms with Crippen LogP contribution in [-0.4, -0.2) is 27.8 Å². The second-order valence-electron chi connectivity index (χ2n) is 3.32. The van der Waals surface area contributed by atoms with Gasteiger partial charge in [-0.05, 0) is 13.3 Å². The summed E-state index contributed by atoms with van der Waals surface area (Å²) in [6, 6.07) is -0.101. The van der Waals surface area contributed by atoms with Crippen LogP contribution in [0.5, 0.6) is 0 Å². The van der Waals surface area contributed by atoms with Crippen molar-refractivity contribution in [3.8, 4) is 0 Å². The molecule has 2 amide bonds. The van der Waals surface area contributed by atoms with Crippen LogP contribution in [0.3, 0.4) is 0 Å². The SMILES string of the molecule is C[C@H]1CC(S)(C(=O)NO)CC(=O)N1. The second kappa shape index (κ2) is 3.55. The van der Waals surface area contributed by atoms with Crippen LogP contribution in [0.1, 0.15) is 19.8 Å². The fourth-order valence-corrected chi connectivity index (χ4v) is 1.97. The third-order valence-corrected chi connectivity index (χ3v) is 2.57. The lowest BCUT2D eigenvalue weighted by molar-refractivity contribution is -0.136. The van der Waals surface area contributed by atoms with Crippen LogP contribution >= 0.6 is 12.6 Å². The molecular weight excluding hydrogens is 192 g/mol. The Bertz CT molecular complexity index is 246. The zero-order chi connectivity index (χ0) is 10.1. The van der Waals surface area contributed by atoms with Gasteiger partial charge in [0.15, 0.2) is 0 Å². The number of hydroxylamine groups is 1. The molecule has 0 aromatic heterocycles. The van der Waals surface area contributed by atoms with Crippen molar-refractivity contribution in [2.75, 3.05) is 0 Å². The van der Waals surface area contributed by atoms with Crippen molar-refractivity contribution >= 4 is 24.4 Å². The van der Waals surface area contributed by atoms with Crippen molar-refractivity contribution < 1.29 is 14.8 Å². The summed E-state index contributed by atoms with van der Waals surface area (Å²) in [7, 11) is 0. The third kappa shape index (κ3) is 2.13. The Morgan fingerprint density at radius 2 is 2.46 bits per heavy atom. The van der Waals surface area contributed by atoms with E-state index in [0.29, 0.717) is 6.42 Å². The van der Waals surface area contributed by atoms with Crippen molar-refractivity contribution in [3.05, 3.63) is 0 Å². The smallest absolute Gasteiger partial charge is 0.259 e. The summed E-state index contributed by atoms with van der Waals surface area (Å²) >= 11 is 4.11. The number of amides is 2. The molecule has 0 spiro atoms. The van der Waals surface area contributed by atoms with E-state index in [9.17, 15) is 9.59 Å². The zero-order valence-corrected chi connectivity index (χ0v) is 8.10. The first-order valence-corrected chi connectivity index (χ1v) is 4.39. The van der Waals surface area contributed by atoms with Crippen LogP contribution in [0.4, 0.5) is 0 Å². The number of thiol groups is 1. The van der Waals surface area contributed by atoms with Crippen molar-refractivity contribution in [1.29, 1.82) is 0 Å². The number of hydrogen-bond donors (Lipinski definition) is 4. The Labute approximate surface area is 81.2 Å². The number of carbonyl (C=O) groups excluding carboxylic acids is 2. The van der Waals surface area contributed by atoms with Crippen LogP contribution in [0.25, 0.3) is 0 Å². The number of rotatable bonds is 1. The maximum Gasteiger partial charge on any atom is 0.259 e. The summed E-state index contributed by atoms with van der Waals surface area (Å²) in [4.78, 5) is 22.3. The van der Waals surface area contributed by atoms with Crippen LogP contribution in [0.2, 0.25) is 0 Å². The standard InChI is InChI=1S/C7H12N2O3S/c1-4-2-7(13,6(11)9-12)3-5(10)8-4/h4,12-13H,2-3H2,1H3,(H,8,10)(H,9,11)/t4-,7?/m0/s1. The minimum absolute atomic E-state index is 0.00710. The molecule has 13 heavy (non-hydrogen) atoms. The van der Waals surface area contributed by atoms with E-state index in [4.69, 9.17) is 5.21 Å². The van der Waals surface area contributed by atoms with E-state index in [2.05, 4.69) is 17.9 Å². The molecule has 0 bridgehead atoms. The van der Waals surface area contributed by atoms with Crippen molar-refractivity contribution in [2.45, 2.75) is 30.6 Å². The van der Waals surface area contributed by atoms with Gasteiger partial charge in [0.05, 0.1) is 6.42 Å². The van der Waals surface area contributed by atoms with Gasteiger partial charge in [0, 0.05) is 6.04 Å². The molecule has 0 aliphatic carbocycles. The van der Waals surface area contributed by atoms with E-state index in [1.807, 2.05) is 0 Å². The molecule has 0 aromatic rings. The van der Waals surface area contributed by atoms with E-state index in [0.717, 1.165) is 0 Å². The van der Waals surface area contributed by atoms with Crippen molar-refractivity contribution in [2.24, 2.45) is 0 Å². The van der Waals surface area contributed by atoms with Gasteiger partial charge in [0.2, 0.25) is 5.91 Å². The highest BCUT2D eigenvalue weighted by Crippen LogP contribution is 2.29. The van der Waals surface area contributed by atoms with Crippen molar-refractivity contribution in [1.82, 2.24) is 10.8 Å².